The number of nitrogens with one attached hydrogen (secondary N) is 1. The molecule has 5 heteroatoms. The Hall–Kier alpha value is -2.55. The summed E-state index contributed by atoms with van der Waals surface area (Å²) >= 11 is 1.49. The van der Waals surface area contributed by atoms with Gasteiger partial charge in [-0.2, -0.15) is 5.26 Å². The van der Waals surface area contributed by atoms with Crippen molar-refractivity contribution in [3.63, 3.8) is 0 Å². The number of rotatable bonds is 5. The zero-order valence-electron chi connectivity index (χ0n) is 14.3. The second-order valence-electron chi connectivity index (χ2n) is 6.14. The van der Waals surface area contributed by atoms with E-state index in [0.29, 0.717) is 6.54 Å². The third-order valence-electron chi connectivity index (χ3n) is 4.15. The summed E-state index contributed by atoms with van der Waals surface area (Å²) in [5.74, 6) is -0.113. The minimum absolute atomic E-state index is 0.113. The molecule has 0 aromatic heterocycles. The molecule has 1 aliphatic heterocycles. The number of carbonyl (C=O) groups excluding carboxylic acids is 1. The Labute approximate surface area is 152 Å². The van der Waals surface area contributed by atoms with Crippen LogP contribution in [-0.2, 0) is 11.3 Å². The van der Waals surface area contributed by atoms with Crippen LogP contribution in [0.3, 0.4) is 0 Å². The second-order valence-corrected chi connectivity index (χ2v) is 7.17. The van der Waals surface area contributed by atoms with E-state index in [1.165, 1.54) is 17.3 Å². The van der Waals surface area contributed by atoms with E-state index in [1.54, 1.807) is 0 Å². The number of carbonyl (C=O) groups is 1. The molecule has 0 radical (unpaired) electrons. The lowest BCUT2D eigenvalue weighted by Crippen LogP contribution is -3.08. The molecule has 2 aromatic carbocycles. The van der Waals surface area contributed by atoms with Crippen molar-refractivity contribution < 1.29 is 9.69 Å². The van der Waals surface area contributed by atoms with Crippen molar-refractivity contribution in [2.24, 2.45) is 0 Å². The number of nitriles is 1. The zero-order chi connectivity index (χ0) is 17.8. The Kier molecular flexibility index (Phi) is 5.22. The molecule has 0 aliphatic carbocycles. The topological polar surface area (TPSA) is 48.5 Å². The molecule has 0 fully saturated rings. The molecule has 0 saturated carbocycles. The van der Waals surface area contributed by atoms with Crippen molar-refractivity contribution in [1.29, 1.82) is 5.26 Å². The van der Waals surface area contributed by atoms with Gasteiger partial charge in [-0.1, -0.05) is 54.2 Å². The molecular weight excluding hydrogens is 330 g/mol. The number of benzene rings is 2. The van der Waals surface area contributed by atoms with E-state index in [1.807, 2.05) is 61.5 Å². The van der Waals surface area contributed by atoms with Gasteiger partial charge in [0.15, 0.2) is 0 Å². The smallest absolute Gasteiger partial charge is 0.230 e. The third-order valence-corrected chi connectivity index (χ3v) is 5.39. The van der Waals surface area contributed by atoms with Crippen LogP contribution in [0.4, 0.5) is 5.69 Å². The summed E-state index contributed by atoms with van der Waals surface area (Å²) in [5, 5.41) is 10.3. The third kappa shape index (κ3) is 3.76. The van der Waals surface area contributed by atoms with Crippen molar-refractivity contribution in [3.8, 4) is 6.07 Å². The van der Waals surface area contributed by atoms with Crippen molar-refractivity contribution >= 4 is 23.2 Å². The van der Waals surface area contributed by atoms with Crippen LogP contribution in [0.15, 0.2) is 70.1 Å². The van der Waals surface area contributed by atoms with E-state index >= 15 is 0 Å². The van der Waals surface area contributed by atoms with Crippen LogP contribution in [0.5, 0.6) is 0 Å². The molecule has 1 N–H and O–H groups in total. The summed E-state index contributed by atoms with van der Waals surface area (Å²) in [7, 11) is 3.88. The molecule has 0 bridgehead atoms. The van der Waals surface area contributed by atoms with E-state index in [-0.39, 0.29) is 11.4 Å². The summed E-state index contributed by atoms with van der Waals surface area (Å²) in [5.41, 5.74) is 2.46. The van der Waals surface area contributed by atoms with Crippen LogP contribution >= 0.6 is 11.8 Å². The van der Waals surface area contributed by atoms with Crippen molar-refractivity contribution in [1.82, 2.24) is 0 Å². The average molecular weight is 350 g/mol. The maximum atomic E-state index is 12.7. The summed E-state index contributed by atoms with van der Waals surface area (Å²) in [6.07, 6.45) is 0. The fourth-order valence-electron chi connectivity index (χ4n) is 2.92. The van der Waals surface area contributed by atoms with Crippen LogP contribution in [0.1, 0.15) is 5.56 Å². The first-order valence-corrected chi connectivity index (χ1v) is 8.95. The van der Waals surface area contributed by atoms with Gasteiger partial charge < -0.3 is 9.80 Å². The van der Waals surface area contributed by atoms with Gasteiger partial charge in [0.2, 0.25) is 5.78 Å². The number of ketones is 1. The lowest BCUT2D eigenvalue weighted by atomic mass is 10.1. The molecule has 126 valence electrons. The van der Waals surface area contributed by atoms with E-state index < -0.39 is 0 Å². The molecule has 0 amide bonds. The van der Waals surface area contributed by atoms with Gasteiger partial charge in [0.1, 0.15) is 29.8 Å². The van der Waals surface area contributed by atoms with E-state index in [0.717, 1.165) is 27.1 Å². The number of thioether (sulfide) groups is 1. The molecule has 3 rings (SSSR count). The summed E-state index contributed by atoms with van der Waals surface area (Å²) in [4.78, 5) is 16.8. The van der Waals surface area contributed by atoms with Gasteiger partial charge >= 0.3 is 0 Å². The maximum Gasteiger partial charge on any atom is 0.230 e. The molecule has 1 heterocycles. The van der Waals surface area contributed by atoms with E-state index in [2.05, 4.69) is 18.2 Å². The van der Waals surface area contributed by atoms with Crippen LogP contribution in [0, 0.1) is 11.3 Å². The van der Waals surface area contributed by atoms with Gasteiger partial charge in [-0.05, 0) is 12.1 Å². The summed E-state index contributed by atoms with van der Waals surface area (Å²) in [6.45, 7) is 1.05. The number of fused-ring (bicyclic) bond motifs is 1. The molecule has 4 nitrogen and oxygen atoms in total. The van der Waals surface area contributed by atoms with Crippen LogP contribution in [-0.4, -0.2) is 26.4 Å². The number of likely N-dealkylation sites (N-methyl/N-ethyl adjacent to an activating group) is 1. The first kappa shape index (κ1) is 17.3. The summed E-state index contributed by atoms with van der Waals surface area (Å²) in [6, 6.07) is 20.1. The Bertz CT molecular complexity index is 855. The molecular formula is C20H20N3OS+. The minimum atomic E-state index is -0.113. The van der Waals surface area contributed by atoms with Crippen molar-refractivity contribution in [2.75, 3.05) is 25.5 Å². The molecule has 1 unspecified atom stereocenters. The lowest BCUT2D eigenvalue weighted by molar-refractivity contribution is -0.885. The predicted molar refractivity (Wildman–Crippen MR) is 100 cm³/mol. The lowest BCUT2D eigenvalue weighted by Gasteiger charge is -2.16. The fourth-order valence-corrected chi connectivity index (χ4v) is 4.08. The molecule has 1 atom stereocenters. The number of quaternary nitrogens is 1. The monoisotopic (exact) mass is 350 g/mol. The van der Waals surface area contributed by atoms with Crippen LogP contribution in [0.25, 0.3) is 0 Å². The number of hydrogen-bond acceptors (Lipinski definition) is 4. The van der Waals surface area contributed by atoms with Gasteiger partial charge in [0.25, 0.3) is 0 Å². The minimum Gasteiger partial charge on any atom is -0.337 e. The first-order valence-electron chi connectivity index (χ1n) is 8.13. The highest BCUT2D eigenvalue weighted by Gasteiger charge is 2.28. The first-order chi connectivity index (χ1) is 12.1. The Morgan fingerprint density at radius 1 is 1.16 bits per heavy atom. The Morgan fingerprint density at radius 2 is 1.84 bits per heavy atom. The number of para-hydroxylation sites is 1. The Balaban J connectivity index is 1.75. The number of anilines is 1. The molecule has 25 heavy (non-hydrogen) atoms. The molecule has 0 saturated heterocycles. The van der Waals surface area contributed by atoms with Gasteiger partial charge in [0.05, 0.1) is 12.7 Å². The summed E-state index contributed by atoms with van der Waals surface area (Å²) < 4.78 is 0. The molecule has 0 spiro atoms. The highest BCUT2D eigenvalue weighted by Crippen LogP contribution is 2.45. The number of nitrogens with zero attached hydrogens (tertiary/aromatic N) is 2. The largest absolute Gasteiger partial charge is 0.337 e. The van der Waals surface area contributed by atoms with Gasteiger partial charge in [-0.25, -0.2) is 0 Å². The molecule has 1 aliphatic rings. The normalized spacial score (nSPS) is 16.1. The van der Waals surface area contributed by atoms with Gasteiger partial charge in [-0.15, -0.1) is 0 Å². The fraction of sp³-hybridized carbons (Fsp3) is 0.200. The standard InChI is InChI=1S/C20H19N3OS/c1-22(13-15-8-4-3-5-9-15)14-18(24)16(12-21)20-23(2)17-10-6-7-11-19(17)25-20/h3-11H,13-14H2,1-2H3/p+1/b20-16-. The quantitative estimate of drug-likeness (QED) is 0.664. The highest BCUT2D eigenvalue weighted by atomic mass is 32.2. The van der Waals surface area contributed by atoms with Crippen LogP contribution < -0.4 is 9.80 Å². The highest BCUT2D eigenvalue weighted by molar-refractivity contribution is 8.03. The zero-order valence-corrected chi connectivity index (χ0v) is 15.1. The van der Waals surface area contributed by atoms with E-state index in [9.17, 15) is 10.1 Å². The van der Waals surface area contributed by atoms with Crippen molar-refractivity contribution in [2.45, 2.75) is 11.4 Å². The van der Waals surface area contributed by atoms with E-state index in [4.69, 9.17) is 0 Å². The molecule has 2 aromatic rings. The number of hydrogen-bond donors (Lipinski definition) is 1. The maximum absolute atomic E-state index is 12.7. The average Bonchev–Trinajstić information content (AvgIpc) is 2.93. The number of Topliss-reactive ketones (excluding diaryl/α,β-unsaturated/α-hetero) is 1. The van der Waals surface area contributed by atoms with Gasteiger partial charge in [-0.3, -0.25) is 4.79 Å². The van der Waals surface area contributed by atoms with Crippen molar-refractivity contribution in [3.05, 3.63) is 70.8 Å². The van der Waals surface area contributed by atoms with Gasteiger partial charge in [0, 0.05) is 17.5 Å². The second kappa shape index (κ2) is 7.56. The Morgan fingerprint density at radius 3 is 2.52 bits per heavy atom. The predicted octanol–water partition coefficient (Wildman–Crippen LogP) is 2.25. The SMILES string of the molecule is CN1/C(=C(\C#N)C(=O)C[NH+](C)Cc2ccccc2)Sc2ccccc21. The van der Waals surface area contributed by atoms with Crippen LogP contribution in [0.2, 0.25) is 0 Å².